The Morgan fingerprint density at radius 1 is 1.12 bits per heavy atom. The maximum atomic E-state index is 12.4. The first-order valence-electron chi connectivity index (χ1n) is 7.36. The molecule has 0 saturated heterocycles. The molecule has 0 aliphatic rings. The molecule has 3 aromatic rings. The number of para-hydroxylation sites is 1. The van der Waals surface area contributed by atoms with E-state index in [2.05, 4.69) is 9.72 Å². The molecule has 0 aliphatic carbocycles. The van der Waals surface area contributed by atoms with Gasteiger partial charge < -0.3 is 14.6 Å². The fourth-order valence-corrected chi connectivity index (χ4v) is 2.57. The molecule has 0 radical (unpaired) electrons. The number of fused-ring (bicyclic) bond motifs is 1. The Morgan fingerprint density at radius 2 is 1.85 bits per heavy atom. The number of ether oxygens (including phenoxy) is 2. The number of halogens is 3. The second kappa shape index (κ2) is 6.55. The molecule has 3 rings (SSSR count). The van der Waals surface area contributed by atoms with Crippen LogP contribution in [-0.2, 0) is 0 Å². The highest BCUT2D eigenvalue weighted by atomic mass is 19.4. The largest absolute Gasteiger partial charge is 0.573 e. The minimum atomic E-state index is -4.87. The third-order valence-electron chi connectivity index (χ3n) is 3.63. The van der Waals surface area contributed by atoms with Crippen LogP contribution in [0.5, 0.6) is 11.5 Å². The van der Waals surface area contributed by atoms with Crippen LogP contribution >= 0.6 is 0 Å². The van der Waals surface area contributed by atoms with Gasteiger partial charge in [-0.2, -0.15) is 0 Å². The van der Waals surface area contributed by atoms with Crippen molar-refractivity contribution in [2.24, 2.45) is 0 Å². The maximum absolute atomic E-state index is 12.4. The van der Waals surface area contributed by atoms with Gasteiger partial charge in [-0.25, -0.2) is 9.78 Å². The molecule has 0 spiro atoms. The lowest BCUT2D eigenvalue weighted by Crippen LogP contribution is -2.17. The zero-order chi connectivity index (χ0) is 18.9. The van der Waals surface area contributed by atoms with Crippen molar-refractivity contribution in [1.82, 2.24) is 4.98 Å². The molecule has 0 fully saturated rings. The van der Waals surface area contributed by atoms with E-state index < -0.39 is 18.1 Å². The second-order valence-electron chi connectivity index (χ2n) is 5.29. The number of methoxy groups -OCH3 is 1. The van der Waals surface area contributed by atoms with Gasteiger partial charge in [-0.15, -0.1) is 13.2 Å². The zero-order valence-corrected chi connectivity index (χ0v) is 13.4. The number of hydrogen-bond acceptors (Lipinski definition) is 4. The van der Waals surface area contributed by atoms with E-state index in [0.717, 1.165) is 12.1 Å². The fraction of sp³-hybridized carbons (Fsp3) is 0.111. The molecule has 1 heterocycles. The normalized spacial score (nSPS) is 11.4. The molecule has 26 heavy (non-hydrogen) atoms. The minimum absolute atomic E-state index is 0.0397. The van der Waals surface area contributed by atoms with Crippen molar-refractivity contribution >= 4 is 16.9 Å². The van der Waals surface area contributed by atoms with Crippen LogP contribution in [0.2, 0.25) is 0 Å². The third kappa shape index (κ3) is 3.53. The lowest BCUT2D eigenvalue weighted by atomic mass is 10.0. The third-order valence-corrected chi connectivity index (χ3v) is 3.63. The summed E-state index contributed by atoms with van der Waals surface area (Å²) < 4.78 is 46.3. The smallest absolute Gasteiger partial charge is 0.496 e. The second-order valence-corrected chi connectivity index (χ2v) is 5.29. The summed E-state index contributed by atoms with van der Waals surface area (Å²) >= 11 is 0. The summed E-state index contributed by atoms with van der Waals surface area (Å²) in [6, 6.07) is 11.6. The molecule has 0 amide bonds. The monoisotopic (exact) mass is 363 g/mol. The van der Waals surface area contributed by atoms with Crippen molar-refractivity contribution < 1.29 is 32.5 Å². The Morgan fingerprint density at radius 3 is 2.50 bits per heavy atom. The van der Waals surface area contributed by atoms with Crippen molar-refractivity contribution in [2.45, 2.75) is 6.36 Å². The van der Waals surface area contributed by atoms with Crippen molar-refractivity contribution in [2.75, 3.05) is 7.11 Å². The molecule has 8 heteroatoms. The molecule has 0 aliphatic heterocycles. The Bertz CT molecular complexity index is 986. The standard InChI is InChI=1S/C18H12F3NO4/c1-25-16-5-3-2-4-11(16)15-9-13(17(23)24)12-8-10(26-18(19,20)21)6-7-14(12)22-15/h2-9H,1H3,(H,23,24). The fourth-order valence-electron chi connectivity index (χ4n) is 2.57. The Balaban J connectivity index is 2.20. The highest BCUT2D eigenvalue weighted by Crippen LogP contribution is 2.33. The van der Waals surface area contributed by atoms with Crippen LogP contribution in [0.3, 0.4) is 0 Å². The van der Waals surface area contributed by atoms with Crippen LogP contribution in [0.25, 0.3) is 22.2 Å². The molecule has 134 valence electrons. The predicted octanol–water partition coefficient (Wildman–Crippen LogP) is 4.51. The highest BCUT2D eigenvalue weighted by Gasteiger charge is 2.31. The first kappa shape index (κ1) is 17.5. The summed E-state index contributed by atoms with van der Waals surface area (Å²) in [5, 5.41) is 9.52. The molecule has 0 unspecified atom stereocenters. The number of carbonyl (C=O) groups is 1. The van der Waals surface area contributed by atoms with Crippen LogP contribution < -0.4 is 9.47 Å². The number of benzene rings is 2. The van der Waals surface area contributed by atoms with Crippen LogP contribution in [0.15, 0.2) is 48.5 Å². The SMILES string of the molecule is COc1ccccc1-c1cc(C(=O)O)c2cc(OC(F)(F)F)ccc2n1. The predicted molar refractivity (Wildman–Crippen MR) is 87.4 cm³/mol. The molecule has 1 N–H and O–H groups in total. The van der Waals surface area contributed by atoms with E-state index in [-0.39, 0.29) is 16.5 Å². The molecule has 2 aromatic carbocycles. The van der Waals surface area contributed by atoms with Crippen molar-refractivity contribution in [3.63, 3.8) is 0 Å². The maximum Gasteiger partial charge on any atom is 0.573 e. The molecule has 0 atom stereocenters. The number of nitrogens with zero attached hydrogens (tertiary/aromatic N) is 1. The van der Waals surface area contributed by atoms with Gasteiger partial charge in [0.2, 0.25) is 0 Å². The molecule has 0 saturated carbocycles. The van der Waals surface area contributed by atoms with E-state index in [1.807, 2.05) is 0 Å². The van der Waals surface area contributed by atoms with Crippen molar-refractivity contribution in [3.8, 4) is 22.8 Å². The summed E-state index contributed by atoms with van der Waals surface area (Å²) in [4.78, 5) is 16.0. The van der Waals surface area contributed by atoms with E-state index in [1.165, 1.54) is 19.2 Å². The van der Waals surface area contributed by atoms with E-state index in [0.29, 0.717) is 17.0 Å². The van der Waals surface area contributed by atoms with Gasteiger partial charge in [0.05, 0.1) is 23.9 Å². The van der Waals surface area contributed by atoms with Gasteiger partial charge in [0.15, 0.2) is 0 Å². The number of rotatable bonds is 4. The van der Waals surface area contributed by atoms with E-state index >= 15 is 0 Å². The summed E-state index contributed by atoms with van der Waals surface area (Å²) in [6.45, 7) is 0. The minimum Gasteiger partial charge on any atom is -0.496 e. The number of aromatic nitrogens is 1. The van der Waals surface area contributed by atoms with E-state index in [4.69, 9.17) is 4.74 Å². The van der Waals surface area contributed by atoms with Gasteiger partial charge in [-0.05, 0) is 36.4 Å². The first-order chi connectivity index (χ1) is 12.3. The number of pyridine rings is 1. The highest BCUT2D eigenvalue weighted by molar-refractivity contribution is 6.04. The van der Waals surface area contributed by atoms with Gasteiger partial charge in [-0.1, -0.05) is 12.1 Å². The molecular formula is C18H12F3NO4. The van der Waals surface area contributed by atoms with Gasteiger partial charge in [0, 0.05) is 10.9 Å². The number of aromatic carboxylic acids is 1. The Kier molecular flexibility index (Phi) is 4.41. The number of carboxylic acid groups (broad SMARTS) is 1. The topological polar surface area (TPSA) is 68.7 Å². The Hall–Kier alpha value is -3.29. The molecule has 0 bridgehead atoms. The summed E-state index contributed by atoms with van der Waals surface area (Å²) in [7, 11) is 1.47. The molecule has 5 nitrogen and oxygen atoms in total. The molecular weight excluding hydrogens is 351 g/mol. The van der Waals surface area contributed by atoms with Gasteiger partial charge in [0.1, 0.15) is 11.5 Å². The summed E-state index contributed by atoms with van der Waals surface area (Å²) in [6.07, 6.45) is -4.87. The zero-order valence-electron chi connectivity index (χ0n) is 13.4. The van der Waals surface area contributed by atoms with Crippen molar-refractivity contribution in [3.05, 3.63) is 54.1 Å². The van der Waals surface area contributed by atoms with Gasteiger partial charge in [-0.3, -0.25) is 0 Å². The van der Waals surface area contributed by atoms with Crippen molar-refractivity contribution in [1.29, 1.82) is 0 Å². The average Bonchev–Trinajstić information content (AvgIpc) is 2.59. The lowest BCUT2D eigenvalue weighted by molar-refractivity contribution is -0.274. The number of hydrogen-bond donors (Lipinski definition) is 1. The summed E-state index contributed by atoms with van der Waals surface area (Å²) in [5.74, 6) is -1.32. The van der Waals surface area contributed by atoms with E-state index in [9.17, 15) is 23.1 Å². The number of alkyl halides is 3. The first-order valence-corrected chi connectivity index (χ1v) is 7.36. The van der Waals surface area contributed by atoms with Crippen LogP contribution in [-0.4, -0.2) is 29.5 Å². The molecule has 1 aromatic heterocycles. The number of carboxylic acids is 1. The van der Waals surface area contributed by atoms with Gasteiger partial charge >= 0.3 is 12.3 Å². The Labute approximate surface area is 145 Å². The van der Waals surface area contributed by atoms with Gasteiger partial charge in [0.25, 0.3) is 0 Å². The average molecular weight is 363 g/mol. The lowest BCUT2D eigenvalue weighted by Gasteiger charge is -2.12. The quantitative estimate of drug-likeness (QED) is 0.739. The van der Waals surface area contributed by atoms with Crippen LogP contribution in [0.1, 0.15) is 10.4 Å². The van der Waals surface area contributed by atoms with Crippen LogP contribution in [0.4, 0.5) is 13.2 Å². The summed E-state index contributed by atoms with van der Waals surface area (Å²) in [5.41, 5.74) is 0.927. The van der Waals surface area contributed by atoms with E-state index in [1.54, 1.807) is 24.3 Å². The van der Waals surface area contributed by atoms with Crippen LogP contribution in [0, 0.1) is 0 Å².